The number of ether oxygens (including phenoxy) is 2. The van der Waals surface area contributed by atoms with Gasteiger partial charge in [0.15, 0.2) is 0 Å². The molecule has 0 spiro atoms. The number of nitrogens with zero attached hydrogens (tertiary/aromatic N) is 2. The van der Waals surface area contributed by atoms with Gasteiger partial charge in [0.2, 0.25) is 21.8 Å². The van der Waals surface area contributed by atoms with Crippen LogP contribution in [0.2, 0.25) is 5.02 Å². The average molecular weight is 838 g/mol. The third-order valence-electron chi connectivity index (χ3n) is 11.8. The van der Waals surface area contributed by atoms with E-state index in [9.17, 15) is 32.4 Å². The molecule has 3 N–H and O–H groups in total. The number of allylic oxidation sites excluding steroid dienone is 1. The van der Waals surface area contributed by atoms with Gasteiger partial charge in [-0.3, -0.25) is 24.0 Å². The van der Waals surface area contributed by atoms with Crippen molar-refractivity contribution in [2.45, 2.75) is 132 Å². The Morgan fingerprint density at radius 3 is 2.47 bits per heavy atom. The monoisotopic (exact) mass is 837 g/mol. The molecule has 5 aliphatic rings. The standard InChI is InChI=1S/C42H52ClN5O9S/c1-40(2,3)57-38(52)44-33-18-11-6-4-5-10-16-29-23-42(29,37(51)46-58(54,55)41(19-20-41)22-27-13-8-7-9-14-27)45-35(49)34-21-30(25-48(34)36(33)50)56-39(53)47-24-28-15-12-17-32(43)31(28)26-47/h7-10,12-17,29-30,33-34H,4-6,11,18-26H2,1-3H3,(H,44,52)(H,45,49)(H,46,51)/b16-10-/t29-,30-,33+,34?,42-/m1/s1. The van der Waals surface area contributed by atoms with Crippen LogP contribution in [0, 0.1) is 5.92 Å². The van der Waals surface area contributed by atoms with Gasteiger partial charge in [0.05, 0.1) is 17.8 Å². The maximum atomic E-state index is 14.5. The van der Waals surface area contributed by atoms with E-state index in [0.29, 0.717) is 30.7 Å². The SMILES string of the molecule is CC(C)(C)OC(=O)N[C@H]1CCCCC/C=C\[C@@H]2C[C@@]2(C(=O)NS(=O)(=O)C2(Cc3ccccc3)CC2)NC(=O)C2C[C@@H](OC(=O)N3Cc4cccc(Cl)c4C3)CN2C1=O. The van der Waals surface area contributed by atoms with Crippen LogP contribution < -0.4 is 15.4 Å². The van der Waals surface area contributed by atoms with E-state index in [0.717, 1.165) is 29.5 Å². The Labute approximate surface area is 344 Å². The number of benzene rings is 2. The summed E-state index contributed by atoms with van der Waals surface area (Å²) in [6.45, 7) is 5.48. The molecule has 2 saturated carbocycles. The number of sulfonamides is 1. The molecule has 14 nitrogen and oxygen atoms in total. The highest BCUT2D eigenvalue weighted by molar-refractivity contribution is 7.91. The Morgan fingerprint density at radius 1 is 1.00 bits per heavy atom. The van der Waals surface area contributed by atoms with Crippen LogP contribution in [0.15, 0.2) is 60.7 Å². The summed E-state index contributed by atoms with van der Waals surface area (Å²) in [6, 6.07) is 12.4. The van der Waals surface area contributed by atoms with Crippen LogP contribution in [0.3, 0.4) is 0 Å². The highest BCUT2D eigenvalue weighted by Crippen LogP contribution is 2.49. The number of nitrogens with one attached hydrogen (secondary N) is 3. The molecule has 312 valence electrons. The Kier molecular flexibility index (Phi) is 11.6. The van der Waals surface area contributed by atoms with Crippen molar-refractivity contribution in [2.24, 2.45) is 5.92 Å². The first-order valence-corrected chi connectivity index (χ1v) is 22.0. The fraction of sp³-hybridized carbons (Fsp3) is 0.548. The number of halogens is 1. The number of carbonyl (C=O) groups is 5. The maximum Gasteiger partial charge on any atom is 0.410 e. The van der Waals surface area contributed by atoms with E-state index in [-0.39, 0.29) is 45.3 Å². The van der Waals surface area contributed by atoms with Crippen LogP contribution >= 0.6 is 11.6 Å². The van der Waals surface area contributed by atoms with E-state index in [1.165, 1.54) is 9.80 Å². The molecule has 0 aromatic heterocycles. The molecule has 2 aromatic carbocycles. The Bertz CT molecular complexity index is 2090. The zero-order valence-corrected chi connectivity index (χ0v) is 34.7. The number of alkyl carbamates (subject to hydrolysis) is 1. The van der Waals surface area contributed by atoms with Gasteiger partial charge in [-0.05, 0) is 88.5 Å². The van der Waals surface area contributed by atoms with Gasteiger partial charge in [-0.2, -0.15) is 0 Å². The molecule has 7 rings (SSSR count). The Balaban J connectivity index is 1.13. The summed E-state index contributed by atoms with van der Waals surface area (Å²) in [6.07, 6.45) is 5.50. The normalized spacial score (nSPS) is 27.4. The molecule has 2 aromatic rings. The number of rotatable bonds is 7. The molecule has 5 atom stereocenters. The molecule has 5 amide bonds. The Morgan fingerprint density at radius 2 is 1.76 bits per heavy atom. The predicted octanol–water partition coefficient (Wildman–Crippen LogP) is 5.27. The molecule has 1 unspecified atom stereocenters. The lowest BCUT2D eigenvalue weighted by molar-refractivity contribution is -0.141. The van der Waals surface area contributed by atoms with E-state index >= 15 is 0 Å². The maximum absolute atomic E-state index is 14.5. The van der Waals surface area contributed by atoms with E-state index in [1.807, 2.05) is 54.6 Å². The van der Waals surface area contributed by atoms with E-state index in [2.05, 4.69) is 15.4 Å². The minimum atomic E-state index is -4.16. The van der Waals surface area contributed by atoms with Gasteiger partial charge in [-0.15, -0.1) is 0 Å². The van der Waals surface area contributed by atoms with Crippen LogP contribution in [0.1, 0.15) is 95.2 Å². The van der Waals surface area contributed by atoms with Crippen molar-refractivity contribution in [3.05, 3.63) is 82.4 Å². The Hall–Kier alpha value is -4.63. The molecule has 2 aliphatic carbocycles. The van der Waals surface area contributed by atoms with Gasteiger partial charge < -0.3 is 25.0 Å². The topological polar surface area (TPSA) is 181 Å². The second-order valence-electron chi connectivity index (χ2n) is 17.3. The smallest absolute Gasteiger partial charge is 0.410 e. The highest BCUT2D eigenvalue weighted by Gasteiger charge is 2.64. The lowest BCUT2D eigenvalue weighted by Gasteiger charge is -2.30. The summed E-state index contributed by atoms with van der Waals surface area (Å²) >= 11 is 6.39. The fourth-order valence-corrected chi connectivity index (χ4v) is 10.2. The van der Waals surface area contributed by atoms with Crippen molar-refractivity contribution in [1.29, 1.82) is 0 Å². The summed E-state index contributed by atoms with van der Waals surface area (Å²) in [5.74, 6) is -2.60. The van der Waals surface area contributed by atoms with Crippen molar-refractivity contribution < 1.29 is 41.9 Å². The minimum absolute atomic E-state index is 0.0965. The number of hydrogen-bond donors (Lipinski definition) is 3. The van der Waals surface area contributed by atoms with Gasteiger partial charge in [0, 0.05) is 23.9 Å². The van der Waals surface area contributed by atoms with Crippen LogP contribution in [0.5, 0.6) is 0 Å². The van der Waals surface area contributed by atoms with Crippen LogP contribution in [0.4, 0.5) is 9.59 Å². The van der Waals surface area contributed by atoms with Crippen molar-refractivity contribution >= 4 is 51.5 Å². The zero-order valence-electron chi connectivity index (χ0n) is 33.1. The molecule has 0 radical (unpaired) electrons. The van der Waals surface area contributed by atoms with Gasteiger partial charge in [0.25, 0.3) is 5.91 Å². The lowest BCUT2D eigenvalue weighted by atomic mass is 10.0. The minimum Gasteiger partial charge on any atom is -0.444 e. The van der Waals surface area contributed by atoms with E-state index < -0.39 is 79.9 Å². The third kappa shape index (κ3) is 9.00. The van der Waals surface area contributed by atoms with Gasteiger partial charge in [-0.1, -0.05) is 79.1 Å². The first-order chi connectivity index (χ1) is 27.5. The molecule has 3 aliphatic heterocycles. The average Bonchev–Trinajstić information content (AvgIpc) is 3.98. The largest absolute Gasteiger partial charge is 0.444 e. The molecule has 3 fully saturated rings. The number of hydrogen-bond acceptors (Lipinski definition) is 9. The third-order valence-corrected chi connectivity index (χ3v) is 14.3. The first kappa shape index (κ1) is 41.5. The van der Waals surface area contributed by atoms with Gasteiger partial charge in [0.1, 0.15) is 29.3 Å². The van der Waals surface area contributed by atoms with Gasteiger partial charge >= 0.3 is 12.2 Å². The molecule has 0 bridgehead atoms. The van der Waals surface area contributed by atoms with E-state index in [4.69, 9.17) is 21.1 Å². The van der Waals surface area contributed by atoms with Gasteiger partial charge in [-0.25, -0.2) is 18.0 Å². The summed E-state index contributed by atoms with van der Waals surface area (Å²) in [5.41, 5.74) is 0.113. The second-order valence-corrected chi connectivity index (χ2v) is 19.8. The summed E-state index contributed by atoms with van der Waals surface area (Å²) in [7, 11) is -4.16. The van der Waals surface area contributed by atoms with Crippen LogP contribution in [0.25, 0.3) is 0 Å². The lowest BCUT2D eigenvalue weighted by Crippen LogP contribution is -2.59. The first-order valence-electron chi connectivity index (χ1n) is 20.1. The summed E-state index contributed by atoms with van der Waals surface area (Å²) < 4.78 is 40.4. The van der Waals surface area contributed by atoms with Crippen molar-refractivity contribution in [3.8, 4) is 0 Å². The number of carbonyl (C=O) groups excluding carboxylic acids is 5. The molecular weight excluding hydrogens is 786 g/mol. The van der Waals surface area contributed by atoms with Crippen molar-refractivity contribution in [3.63, 3.8) is 0 Å². The summed E-state index contributed by atoms with van der Waals surface area (Å²) in [4.78, 5) is 72.5. The fourth-order valence-electron chi connectivity index (χ4n) is 8.31. The van der Waals surface area contributed by atoms with Crippen molar-refractivity contribution in [1.82, 2.24) is 25.2 Å². The predicted molar refractivity (Wildman–Crippen MR) is 215 cm³/mol. The van der Waals surface area contributed by atoms with E-state index in [1.54, 1.807) is 26.8 Å². The highest BCUT2D eigenvalue weighted by atomic mass is 35.5. The zero-order chi connectivity index (χ0) is 41.5. The quantitative estimate of drug-likeness (QED) is 0.313. The molecule has 16 heteroatoms. The van der Waals surface area contributed by atoms with Crippen LogP contribution in [-0.4, -0.2) is 88.7 Å². The van der Waals surface area contributed by atoms with Crippen LogP contribution in [-0.2, 0) is 53.4 Å². The molecule has 3 heterocycles. The van der Waals surface area contributed by atoms with Crippen molar-refractivity contribution in [2.75, 3.05) is 6.54 Å². The molecule has 58 heavy (non-hydrogen) atoms. The summed E-state index contributed by atoms with van der Waals surface area (Å²) in [5, 5.41) is 6.11. The second kappa shape index (κ2) is 16.2. The number of amides is 5. The molecular formula is C42H52ClN5O9S. The number of fused-ring (bicyclic) bond motifs is 3. The molecule has 1 saturated heterocycles.